The first-order valence-electron chi connectivity index (χ1n) is 1.89. The molecule has 3 N–H and O–H groups in total. The molecule has 11 heavy (non-hydrogen) atoms. The fraction of sp³-hybridized carbons (Fsp3) is 0. The average Bonchev–Trinajstić information content (AvgIpc) is 2.11. The number of hydrogen-bond donors (Lipinski definition) is 1. The zero-order chi connectivity index (χ0) is 7.11. The molecule has 1 atom stereocenters. The number of hydrogen-bond acceptors (Lipinski definition) is 4. The van der Waals surface area contributed by atoms with Gasteiger partial charge in [-0.05, 0) is 4.57 Å². The summed E-state index contributed by atoms with van der Waals surface area (Å²) in [5.74, 6) is 0. The van der Waals surface area contributed by atoms with Gasteiger partial charge in [-0.3, -0.25) is 0 Å². The smallest absolute Gasteiger partial charge is 0.567 e. The van der Waals surface area contributed by atoms with Crippen LogP contribution in [-0.4, -0.2) is 15.4 Å². The largest absolute Gasteiger partial charge is 1.00 e. The minimum Gasteiger partial charge on any atom is -0.567 e. The van der Waals surface area contributed by atoms with Crippen molar-refractivity contribution in [2.75, 3.05) is 0 Å². The maximum Gasteiger partial charge on any atom is 1.00 e. The molecule has 1 unspecified atom stereocenters. The van der Waals surface area contributed by atoms with E-state index in [1.54, 1.807) is 6.20 Å². The van der Waals surface area contributed by atoms with Crippen molar-refractivity contribution in [3.63, 3.8) is 0 Å². The van der Waals surface area contributed by atoms with Crippen LogP contribution in [0, 0.1) is 0 Å². The first-order valence-corrected chi connectivity index (χ1v) is 3.02. The van der Waals surface area contributed by atoms with Crippen molar-refractivity contribution in [1.82, 2.24) is 4.98 Å². The maximum atomic E-state index is 8.59. The summed E-state index contributed by atoms with van der Waals surface area (Å²) in [6, 6.07) is 0. The van der Waals surface area contributed by atoms with Crippen LogP contribution in [-0.2, 0) is 4.57 Å². The number of aromatic nitrogens is 1. The Morgan fingerprint density at radius 2 is 2.09 bits per heavy atom. The molecule has 0 radical (unpaired) electrons. The van der Waals surface area contributed by atoms with Gasteiger partial charge < -0.3 is 14.8 Å². The summed E-state index contributed by atoms with van der Waals surface area (Å²) in [4.78, 5) is 19.2. The summed E-state index contributed by atoms with van der Waals surface area (Å²) in [6.07, 6.45) is 4.47. The van der Waals surface area contributed by atoms with Crippen LogP contribution in [0.1, 0.15) is 0 Å². The van der Waals surface area contributed by atoms with Gasteiger partial charge in [-0.25, -0.2) is 4.98 Å². The second kappa shape index (κ2) is 12.8. The van der Waals surface area contributed by atoms with Crippen LogP contribution in [0.2, 0.25) is 0 Å². The van der Waals surface area contributed by atoms with Gasteiger partial charge in [0.15, 0.2) is 6.39 Å². The van der Waals surface area contributed by atoms with Crippen molar-refractivity contribution in [3.05, 3.63) is 18.9 Å². The van der Waals surface area contributed by atoms with Gasteiger partial charge in [-0.1, -0.05) is 0 Å². The SMILES string of the molecule is O.O=[P+]([O-])O.[Na+].c1cocn1. The molecule has 8 heteroatoms. The third-order valence-corrected chi connectivity index (χ3v) is 0.347. The van der Waals surface area contributed by atoms with Crippen molar-refractivity contribution in [3.8, 4) is 0 Å². The molecule has 0 fully saturated rings. The zero-order valence-electron chi connectivity index (χ0n) is 5.80. The minimum absolute atomic E-state index is 0. The molecule has 0 aromatic carbocycles. The molecule has 0 aliphatic rings. The molecule has 1 heterocycles. The third-order valence-electron chi connectivity index (χ3n) is 0.347. The third kappa shape index (κ3) is 25.4. The molecule has 0 aliphatic carbocycles. The van der Waals surface area contributed by atoms with E-state index in [1.807, 2.05) is 0 Å². The number of nitrogens with zero attached hydrogens (tertiary/aromatic N) is 1. The molecular formula is C3H6NNaO5P+. The summed E-state index contributed by atoms with van der Waals surface area (Å²) in [7, 11) is -3.12. The van der Waals surface area contributed by atoms with Gasteiger partial charge in [0.2, 0.25) is 0 Å². The van der Waals surface area contributed by atoms with Gasteiger partial charge in [0.25, 0.3) is 0 Å². The second-order valence-electron chi connectivity index (χ2n) is 0.914. The first-order chi connectivity index (χ1) is 4.23. The predicted molar refractivity (Wildman–Crippen MR) is 29.9 cm³/mol. The molecule has 0 saturated heterocycles. The van der Waals surface area contributed by atoms with Crippen LogP contribution in [0.4, 0.5) is 0 Å². The molecule has 0 aliphatic heterocycles. The summed E-state index contributed by atoms with van der Waals surface area (Å²) < 4.78 is 13.1. The van der Waals surface area contributed by atoms with Crippen LogP contribution in [0.5, 0.6) is 0 Å². The van der Waals surface area contributed by atoms with Crippen molar-refractivity contribution >= 4 is 8.25 Å². The van der Waals surface area contributed by atoms with Crippen LogP contribution in [0.25, 0.3) is 0 Å². The summed E-state index contributed by atoms with van der Waals surface area (Å²) in [5.41, 5.74) is 0. The quantitative estimate of drug-likeness (QED) is 0.329. The van der Waals surface area contributed by atoms with Crippen LogP contribution in [0.3, 0.4) is 0 Å². The van der Waals surface area contributed by atoms with Gasteiger partial charge >= 0.3 is 37.8 Å². The van der Waals surface area contributed by atoms with Gasteiger partial charge in [0.1, 0.15) is 6.26 Å². The summed E-state index contributed by atoms with van der Waals surface area (Å²) in [6.45, 7) is 0. The molecule has 0 spiro atoms. The fourth-order valence-electron chi connectivity index (χ4n) is 0.176. The van der Waals surface area contributed by atoms with E-state index >= 15 is 0 Å². The minimum atomic E-state index is -3.12. The van der Waals surface area contributed by atoms with E-state index in [0.717, 1.165) is 0 Å². The van der Waals surface area contributed by atoms with Gasteiger partial charge in [-0.2, -0.15) is 4.89 Å². The first kappa shape index (κ1) is 17.3. The Hall–Kier alpha value is 0.190. The molecule has 58 valence electrons. The molecule has 1 aromatic heterocycles. The van der Waals surface area contributed by atoms with Gasteiger partial charge in [0.05, 0.1) is 6.20 Å². The monoisotopic (exact) mass is 190 g/mol. The van der Waals surface area contributed by atoms with Gasteiger partial charge in [-0.15, -0.1) is 0 Å². The van der Waals surface area contributed by atoms with Crippen LogP contribution >= 0.6 is 8.25 Å². The number of rotatable bonds is 0. The topological polar surface area (TPSA) is 118 Å². The van der Waals surface area contributed by atoms with Crippen molar-refractivity contribution in [1.29, 1.82) is 0 Å². The van der Waals surface area contributed by atoms with E-state index in [1.165, 1.54) is 12.7 Å². The van der Waals surface area contributed by atoms with E-state index in [2.05, 4.69) is 9.40 Å². The average molecular weight is 190 g/mol. The Balaban J connectivity index is -0.000000101. The van der Waals surface area contributed by atoms with Gasteiger partial charge in [0, 0.05) is 0 Å². The van der Waals surface area contributed by atoms with E-state index in [4.69, 9.17) is 14.4 Å². The normalized spacial score (nSPS) is 7.64. The summed E-state index contributed by atoms with van der Waals surface area (Å²) >= 11 is 0. The zero-order valence-corrected chi connectivity index (χ0v) is 8.69. The number of oxazole rings is 1. The maximum absolute atomic E-state index is 8.59. The van der Waals surface area contributed by atoms with Crippen LogP contribution < -0.4 is 34.5 Å². The molecule has 0 bridgehead atoms. The molecule has 1 rings (SSSR count). The van der Waals surface area contributed by atoms with E-state index in [0.29, 0.717) is 0 Å². The molecular weight excluding hydrogens is 184 g/mol. The Morgan fingerprint density at radius 3 is 2.18 bits per heavy atom. The summed E-state index contributed by atoms with van der Waals surface area (Å²) in [5, 5.41) is 0. The second-order valence-corrected chi connectivity index (χ2v) is 1.39. The Labute approximate surface area is 85.8 Å². The molecule has 1 aromatic rings. The standard InChI is InChI=1S/C3H3NO.Na.HO3P.H2O/c1-2-5-3-4-1;;1-4(2)3;/h1-3H;;(H,1,2,3);1H2/q;+1;;. The predicted octanol–water partition coefficient (Wildman–Crippen LogP) is -4.15. The Kier molecular flexibility index (Phi) is 20.2. The molecule has 6 nitrogen and oxygen atoms in total. The van der Waals surface area contributed by atoms with E-state index in [-0.39, 0.29) is 35.0 Å². The van der Waals surface area contributed by atoms with E-state index < -0.39 is 8.25 Å². The molecule has 0 saturated carbocycles. The van der Waals surface area contributed by atoms with E-state index in [9.17, 15) is 0 Å². The Bertz CT molecular complexity index is 136. The fourth-order valence-corrected chi connectivity index (χ4v) is 0.176. The van der Waals surface area contributed by atoms with Crippen LogP contribution in [0.15, 0.2) is 23.3 Å². The van der Waals surface area contributed by atoms with Crippen molar-refractivity contribution in [2.24, 2.45) is 0 Å². The van der Waals surface area contributed by atoms with Crippen molar-refractivity contribution in [2.45, 2.75) is 0 Å². The Morgan fingerprint density at radius 1 is 1.64 bits per heavy atom. The van der Waals surface area contributed by atoms with Crippen molar-refractivity contribution < 1.29 is 53.8 Å². The molecule has 0 amide bonds.